The van der Waals surface area contributed by atoms with Crippen molar-refractivity contribution in [3.05, 3.63) is 118 Å². The van der Waals surface area contributed by atoms with Crippen molar-refractivity contribution in [2.75, 3.05) is 53.0 Å². The maximum Gasteiger partial charge on any atom is 0.255 e. The zero-order valence-corrected chi connectivity index (χ0v) is 35.8. The van der Waals surface area contributed by atoms with Gasteiger partial charge in [-0.05, 0) is 124 Å². The van der Waals surface area contributed by atoms with Gasteiger partial charge in [-0.25, -0.2) is 0 Å². The van der Waals surface area contributed by atoms with Crippen LogP contribution in [0, 0.1) is 11.8 Å². The molecule has 3 amide bonds. The number of phenolic OH excluding ortho intramolecular Hbond substituents is 1. The van der Waals surface area contributed by atoms with Gasteiger partial charge in [0.15, 0.2) is 0 Å². The summed E-state index contributed by atoms with van der Waals surface area (Å²) in [6.07, 6.45) is 13.5. The Morgan fingerprint density at radius 3 is 2.53 bits per heavy atom. The second kappa shape index (κ2) is 15.6. The second-order valence-corrected chi connectivity index (χ2v) is 19.5. The van der Waals surface area contributed by atoms with Crippen LogP contribution in [0.4, 0.5) is 0 Å². The number of rotatable bonds is 7. The van der Waals surface area contributed by atoms with Gasteiger partial charge in [-0.3, -0.25) is 19.7 Å². The standard InChI is InChI=1S/C51H58N4O7/c1-60-44-26-35(8-11-40(44)46-37(33-5-3-2-4-6-33)10-7-34-25-36(56)9-12-38(34)46)54-23-19-51(20-24-54)27-32(30-62-51)28-53-21-17-50(18-22-53)31-61-47-41-29-55(43-15-16-45(57)52-48(43)58)49(59)39(41)13-14-42(47)50/h2-6,8-9,12-14,25-26,32,37,40,43,46,56H,7,10-11,15-24,27-31H2,1H3,(H,52,57,58)/t32?,37-,40?,43-,46+/m0/s1. The molecule has 5 atom stereocenters. The Bertz CT molecular complexity index is 2340. The minimum absolute atomic E-state index is 0.0538. The lowest BCUT2D eigenvalue weighted by molar-refractivity contribution is -0.136. The second-order valence-electron chi connectivity index (χ2n) is 19.5. The average Bonchev–Trinajstić information content (AvgIpc) is 3.97. The molecule has 4 saturated heterocycles. The maximum atomic E-state index is 13.4. The first-order valence-electron chi connectivity index (χ1n) is 23.1. The molecule has 6 aliphatic heterocycles. The molecule has 2 N–H and O–H groups in total. The highest BCUT2D eigenvalue weighted by Gasteiger charge is 2.49. The number of imide groups is 1. The molecule has 0 saturated carbocycles. The van der Waals surface area contributed by atoms with Gasteiger partial charge in [-0.15, -0.1) is 0 Å². The molecule has 11 rings (SSSR count). The summed E-state index contributed by atoms with van der Waals surface area (Å²) in [5.41, 5.74) is 7.83. The normalized spacial score (nSPS) is 28.9. The highest BCUT2D eigenvalue weighted by atomic mass is 16.5. The van der Waals surface area contributed by atoms with E-state index >= 15 is 0 Å². The van der Waals surface area contributed by atoms with Crippen LogP contribution in [-0.2, 0) is 37.4 Å². The Labute approximate surface area is 364 Å². The molecule has 3 aromatic rings. The van der Waals surface area contributed by atoms with E-state index in [1.54, 1.807) is 4.90 Å². The number of nitrogens with zero attached hydrogens (tertiary/aromatic N) is 3. The van der Waals surface area contributed by atoms with Crippen LogP contribution in [-0.4, -0.2) is 102 Å². The molecule has 3 aromatic carbocycles. The Morgan fingerprint density at radius 1 is 0.919 bits per heavy atom. The number of carbonyl (C=O) groups is 3. The van der Waals surface area contributed by atoms with Gasteiger partial charge in [0.05, 0.1) is 32.5 Å². The van der Waals surface area contributed by atoms with Gasteiger partial charge >= 0.3 is 0 Å². The van der Waals surface area contributed by atoms with Crippen LogP contribution in [0.25, 0.3) is 0 Å². The minimum atomic E-state index is -0.630. The Balaban J connectivity index is 0.699. The van der Waals surface area contributed by atoms with Gasteiger partial charge < -0.3 is 34.0 Å². The molecule has 2 unspecified atom stereocenters. The van der Waals surface area contributed by atoms with Crippen LogP contribution in [0.3, 0.4) is 0 Å². The van der Waals surface area contributed by atoms with E-state index in [2.05, 4.69) is 69.7 Å². The molecule has 0 aromatic heterocycles. The van der Waals surface area contributed by atoms with E-state index in [9.17, 15) is 19.5 Å². The lowest BCUT2D eigenvalue weighted by Crippen LogP contribution is -2.52. The van der Waals surface area contributed by atoms with Crippen LogP contribution in [0.1, 0.15) is 108 Å². The van der Waals surface area contributed by atoms with Gasteiger partial charge in [0.2, 0.25) is 11.8 Å². The third-order valence-electron chi connectivity index (χ3n) is 16.2. The average molecular weight is 839 g/mol. The predicted octanol–water partition coefficient (Wildman–Crippen LogP) is 6.70. The first kappa shape index (κ1) is 39.7. The fourth-order valence-corrected chi connectivity index (χ4v) is 12.8. The zero-order chi connectivity index (χ0) is 42.2. The van der Waals surface area contributed by atoms with Crippen molar-refractivity contribution in [1.29, 1.82) is 0 Å². The molecule has 0 radical (unpaired) electrons. The molecule has 6 heterocycles. The number of carbonyl (C=O) groups excluding carboxylic acids is 3. The zero-order valence-electron chi connectivity index (χ0n) is 35.8. The number of nitrogens with one attached hydrogen (secondary N) is 1. The first-order valence-corrected chi connectivity index (χ1v) is 23.1. The summed E-state index contributed by atoms with van der Waals surface area (Å²) in [5.74, 6) is 2.79. The topological polar surface area (TPSA) is 121 Å². The fourth-order valence-electron chi connectivity index (χ4n) is 12.8. The number of fused-ring (bicyclic) bond motifs is 5. The molecule has 8 aliphatic rings. The number of methoxy groups -OCH3 is 1. The lowest BCUT2D eigenvalue weighted by Gasteiger charge is -2.43. The number of hydrogen-bond acceptors (Lipinski definition) is 9. The summed E-state index contributed by atoms with van der Waals surface area (Å²) in [7, 11) is 1.83. The van der Waals surface area contributed by atoms with E-state index in [1.807, 2.05) is 25.3 Å². The van der Waals surface area contributed by atoms with Crippen molar-refractivity contribution in [2.45, 2.75) is 99.6 Å². The molecular weight excluding hydrogens is 781 g/mol. The van der Waals surface area contributed by atoms with E-state index in [0.717, 1.165) is 108 Å². The molecule has 2 aliphatic carbocycles. The quantitative estimate of drug-likeness (QED) is 0.251. The predicted molar refractivity (Wildman–Crippen MR) is 233 cm³/mol. The molecule has 2 spiro atoms. The molecule has 4 fully saturated rings. The van der Waals surface area contributed by atoms with Crippen LogP contribution in [0.15, 0.2) is 84.3 Å². The summed E-state index contributed by atoms with van der Waals surface area (Å²) in [4.78, 5) is 44.6. The summed E-state index contributed by atoms with van der Waals surface area (Å²) in [6.45, 7) is 6.79. The summed E-state index contributed by atoms with van der Waals surface area (Å²) in [6, 6.07) is 20.3. The number of piperidine rings is 3. The molecule has 324 valence electrons. The van der Waals surface area contributed by atoms with Crippen molar-refractivity contribution in [1.82, 2.24) is 20.0 Å². The smallest absolute Gasteiger partial charge is 0.255 e. The maximum absolute atomic E-state index is 13.4. The number of allylic oxidation sites excluding steroid dienone is 3. The van der Waals surface area contributed by atoms with Gasteiger partial charge in [-0.1, -0.05) is 48.5 Å². The fraction of sp³-hybridized carbons (Fsp3) is 0.510. The van der Waals surface area contributed by atoms with Crippen LogP contribution in [0.2, 0.25) is 0 Å². The molecule has 11 nitrogen and oxygen atoms in total. The Hall–Kier alpha value is -5.13. The number of benzene rings is 3. The van der Waals surface area contributed by atoms with Gasteiger partial charge in [0, 0.05) is 65.7 Å². The molecule has 11 heteroatoms. The number of hydrogen-bond donors (Lipinski definition) is 2. The van der Waals surface area contributed by atoms with Crippen LogP contribution < -0.4 is 10.1 Å². The number of ether oxygens (including phenoxy) is 3. The van der Waals surface area contributed by atoms with E-state index in [-0.39, 0.29) is 47.0 Å². The minimum Gasteiger partial charge on any atom is -0.508 e. The van der Waals surface area contributed by atoms with Crippen molar-refractivity contribution in [2.24, 2.45) is 11.8 Å². The van der Waals surface area contributed by atoms with E-state index in [4.69, 9.17) is 14.2 Å². The highest BCUT2D eigenvalue weighted by molar-refractivity contribution is 6.05. The van der Waals surface area contributed by atoms with Gasteiger partial charge in [-0.2, -0.15) is 0 Å². The van der Waals surface area contributed by atoms with E-state index in [0.29, 0.717) is 42.7 Å². The number of aromatic hydroxyl groups is 1. The van der Waals surface area contributed by atoms with E-state index in [1.165, 1.54) is 28.0 Å². The van der Waals surface area contributed by atoms with E-state index < -0.39 is 6.04 Å². The van der Waals surface area contributed by atoms with Gasteiger partial charge in [0.1, 0.15) is 23.3 Å². The van der Waals surface area contributed by atoms with Crippen molar-refractivity contribution < 1.29 is 33.7 Å². The van der Waals surface area contributed by atoms with Crippen molar-refractivity contribution in [3.8, 4) is 11.5 Å². The number of amides is 3. The number of likely N-dealkylation sites (tertiary alicyclic amines) is 2. The molecular formula is C51H58N4O7. The van der Waals surface area contributed by atoms with Crippen molar-refractivity contribution >= 4 is 17.7 Å². The monoisotopic (exact) mass is 838 g/mol. The lowest BCUT2D eigenvalue weighted by atomic mass is 9.65. The SMILES string of the molecule is COC1=CC(N2CCC3(CC2)CC(CN2CCC4(CC2)COc2c4ccc4c2CN([C@H]2CCC(=O)NC2=O)C4=O)CO3)=CCC1[C@H]1c2ccc(O)cc2CC[C@H]1c1ccccc1. The van der Waals surface area contributed by atoms with Crippen LogP contribution >= 0.6 is 0 Å². The third kappa shape index (κ3) is 6.81. The Morgan fingerprint density at radius 2 is 1.74 bits per heavy atom. The summed E-state index contributed by atoms with van der Waals surface area (Å²) in [5, 5.41) is 12.8. The first-order chi connectivity index (χ1) is 30.2. The largest absolute Gasteiger partial charge is 0.508 e. The Kier molecular flexibility index (Phi) is 9.98. The van der Waals surface area contributed by atoms with Crippen molar-refractivity contribution in [3.63, 3.8) is 0 Å². The third-order valence-corrected chi connectivity index (χ3v) is 16.2. The van der Waals surface area contributed by atoms with Crippen LogP contribution in [0.5, 0.6) is 11.5 Å². The number of phenols is 1. The molecule has 62 heavy (non-hydrogen) atoms. The number of aryl methyl sites for hydroxylation is 1. The highest BCUT2D eigenvalue weighted by Crippen LogP contribution is 2.53. The summed E-state index contributed by atoms with van der Waals surface area (Å²) >= 11 is 0. The summed E-state index contributed by atoms with van der Waals surface area (Å²) < 4.78 is 19.4. The van der Waals surface area contributed by atoms with Gasteiger partial charge in [0.25, 0.3) is 5.91 Å². The molecule has 0 bridgehead atoms.